The SMILES string of the molecule is O=C(Nc1ccc(Oc2ccc([N+](=O)[O-])cn2)cc1)c1cc([N+](=O)[O-])ccc1Cl. The molecule has 1 N–H and O–H groups in total. The minimum Gasteiger partial charge on any atom is -0.439 e. The molecule has 0 bridgehead atoms. The fourth-order valence-electron chi connectivity index (χ4n) is 2.27. The Morgan fingerprint density at radius 2 is 1.62 bits per heavy atom. The van der Waals surface area contributed by atoms with Gasteiger partial charge in [0.05, 0.1) is 20.4 Å². The Kier molecular flexibility index (Phi) is 5.65. The quantitative estimate of drug-likeness (QED) is 0.459. The number of nitrogens with one attached hydrogen (secondary N) is 1. The van der Waals surface area contributed by atoms with Gasteiger partial charge in [-0.3, -0.25) is 25.0 Å². The second-order valence-electron chi connectivity index (χ2n) is 5.61. The Bertz CT molecular complexity index is 1090. The third kappa shape index (κ3) is 4.82. The van der Waals surface area contributed by atoms with E-state index in [-0.39, 0.29) is 27.8 Å². The second kappa shape index (κ2) is 8.31. The van der Waals surface area contributed by atoms with E-state index in [9.17, 15) is 25.0 Å². The van der Waals surface area contributed by atoms with Gasteiger partial charge in [-0.15, -0.1) is 0 Å². The summed E-state index contributed by atoms with van der Waals surface area (Å²) in [5.41, 5.74) is -0.0352. The van der Waals surface area contributed by atoms with Crippen molar-refractivity contribution in [1.82, 2.24) is 4.98 Å². The number of non-ortho nitro benzene ring substituents is 1. The molecule has 1 amide bonds. The van der Waals surface area contributed by atoms with Gasteiger partial charge in [-0.2, -0.15) is 0 Å². The number of hydrogen-bond donors (Lipinski definition) is 1. The summed E-state index contributed by atoms with van der Waals surface area (Å²) < 4.78 is 5.48. The van der Waals surface area contributed by atoms with Gasteiger partial charge in [0.25, 0.3) is 17.3 Å². The standard InChI is InChI=1S/C18H11ClN4O6/c19-16-7-3-12(22(25)26)9-15(16)18(24)21-11-1-5-14(6-2-11)29-17-8-4-13(10-20-17)23(27)28/h1-10H,(H,21,24). The fourth-order valence-corrected chi connectivity index (χ4v) is 2.47. The minimum atomic E-state index is -0.620. The Labute approximate surface area is 168 Å². The molecule has 1 aromatic heterocycles. The third-order valence-corrected chi connectivity index (χ3v) is 4.00. The van der Waals surface area contributed by atoms with E-state index in [4.69, 9.17) is 16.3 Å². The van der Waals surface area contributed by atoms with E-state index in [1.807, 2.05) is 0 Å². The predicted octanol–water partition coefficient (Wildman–Crippen LogP) is 4.60. The highest BCUT2D eigenvalue weighted by atomic mass is 35.5. The second-order valence-corrected chi connectivity index (χ2v) is 6.02. The minimum absolute atomic E-state index is 0.0312. The molecule has 0 unspecified atom stereocenters. The zero-order chi connectivity index (χ0) is 21.0. The fraction of sp³-hybridized carbons (Fsp3) is 0. The first-order chi connectivity index (χ1) is 13.8. The molecule has 0 aliphatic heterocycles. The molecule has 1 heterocycles. The van der Waals surface area contributed by atoms with Gasteiger partial charge in [0.2, 0.25) is 5.88 Å². The molecule has 146 valence electrons. The Morgan fingerprint density at radius 1 is 0.966 bits per heavy atom. The van der Waals surface area contributed by atoms with Crippen molar-refractivity contribution in [2.45, 2.75) is 0 Å². The number of nitrogens with zero attached hydrogens (tertiary/aromatic N) is 3. The number of anilines is 1. The Morgan fingerprint density at radius 3 is 2.21 bits per heavy atom. The van der Waals surface area contributed by atoms with Crippen LogP contribution in [0.25, 0.3) is 0 Å². The van der Waals surface area contributed by atoms with Crippen molar-refractivity contribution in [3.05, 3.63) is 91.6 Å². The predicted molar refractivity (Wildman–Crippen MR) is 103 cm³/mol. The first-order valence-corrected chi connectivity index (χ1v) is 8.35. The number of aromatic nitrogens is 1. The molecular formula is C18H11ClN4O6. The summed E-state index contributed by atoms with van der Waals surface area (Å²) in [5.74, 6) is -0.0575. The monoisotopic (exact) mass is 414 g/mol. The van der Waals surface area contributed by atoms with Crippen molar-refractivity contribution < 1.29 is 19.4 Å². The maximum atomic E-state index is 12.4. The van der Waals surface area contributed by atoms with Crippen LogP contribution in [0.1, 0.15) is 10.4 Å². The highest BCUT2D eigenvalue weighted by molar-refractivity contribution is 6.34. The maximum absolute atomic E-state index is 12.4. The highest BCUT2D eigenvalue weighted by Gasteiger charge is 2.16. The van der Waals surface area contributed by atoms with Crippen molar-refractivity contribution in [2.75, 3.05) is 5.32 Å². The molecule has 0 saturated carbocycles. The van der Waals surface area contributed by atoms with Crippen LogP contribution in [0.15, 0.2) is 60.8 Å². The van der Waals surface area contributed by atoms with Gasteiger partial charge in [-0.25, -0.2) is 4.98 Å². The smallest absolute Gasteiger partial charge is 0.287 e. The van der Waals surface area contributed by atoms with Crippen LogP contribution in [-0.4, -0.2) is 20.7 Å². The van der Waals surface area contributed by atoms with Crippen molar-refractivity contribution in [3.63, 3.8) is 0 Å². The summed E-state index contributed by atoms with van der Waals surface area (Å²) in [7, 11) is 0. The number of nitro groups is 2. The molecular weight excluding hydrogens is 404 g/mol. The zero-order valence-corrected chi connectivity index (χ0v) is 15.2. The average molecular weight is 415 g/mol. The van der Waals surface area contributed by atoms with Gasteiger partial charge in [0.15, 0.2) is 0 Å². The molecule has 0 aliphatic carbocycles. The molecule has 2 aromatic carbocycles. The normalized spacial score (nSPS) is 10.2. The summed E-state index contributed by atoms with van der Waals surface area (Å²) >= 11 is 5.96. The number of pyridine rings is 1. The molecule has 0 saturated heterocycles. The highest BCUT2D eigenvalue weighted by Crippen LogP contribution is 2.25. The number of halogens is 1. The van der Waals surface area contributed by atoms with E-state index in [0.29, 0.717) is 11.4 Å². The van der Waals surface area contributed by atoms with E-state index >= 15 is 0 Å². The van der Waals surface area contributed by atoms with Crippen molar-refractivity contribution in [3.8, 4) is 11.6 Å². The number of amides is 1. The lowest BCUT2D eigenvalue weighted by molar-refractivity contribution is -0.385. The lowest BCUT2D eigenvalue weighted by Crippen LogP contribution is -2.12. The number of carbonyl (C=O) groups is 1. The van der Waals surface area contributed by atoms with Crippen LogP contribution < -0.4 is 10.1 Å². The molecule has 11 heteroatoms. The lowest BCUT2D eigenvalue weighted by Gasteiger charge is -2.08. The third-order valence-electron chi connectivity index (χ3n) is 3.67. The van der Waals surface area contributed by atoms with Crippen molar-refractivity contribution >= 4 is 34.6 Å². The lowest BCUT2D eigenvalue weighted by atomic mass is 10.2. The molecule has 0 spiro atoms. The van der Waals surface area contributed by atoms with Crippen molar-refractivity contribution in [2.24, 2.45) is 0 Å². The molecule has 0 fully saturated rings. The van der Waals surface area contributed by atoms with Crippen LogP contribution in [0.4, 0.5) is 17.1 Å². The van der Waals surface area contributed by atoms with Crippen LogP contribution in [0.5, 0.6) is 11.6 Å². The van der Waals surface area contributed by atoms with Crippen LogP contribution in [0.2, 0.25) is 5.02 Å². The molecule has 29 heavy (non-hydrogen) atoms. The molecule has 3 aromatic rings. The summed E-state index contributed by atoms with van der Waals surface area (Å²) in [6, 6.07) is 12.4. The van der Waals surface area contributed by atoms with E-state index in [0.717, 1.165) is 12.3 Å². The number of hydrogen-bond acceptors (Lipinski definition) is 7. The largest absolute Gasteiger partial charge is 0.439 e. The molecule has 10 nitrogen and oxygen atoms in total. The number of rotatable bonds is 6. The van der Waals surface area contributed by atoms with E-state index in [2.05, 4.69) is 10.3 Å². The molecule has 0 radical (unpaired) electrons. The molecule has 3 rings (SSSR count). The molecule has 0 atom stereocenters. The summed E-state index contributed by atoms with van der Waals surface area (Å²) in [5, 5.41) is 24.1. The van der Waals surface area contributed by atoms with E-state index < -0.39 is 15.8 Å². The van der Waals surface area contributed by atoms with Crippen LogP contribution in [-0.2, 0) is 0 Å². The van der Waals surface area contributed by atoms with Crippen LogP contribution in [0, 0.1) is 20.2 Å². The number of carbonyl (C=O) groups excluding carboxylic acids is 1. The van der Waals surface area contributed by atoms with Crippen molar-refractivity contribution in [1.29, 1.82) is 0 Å². The van der Waals surface area contributed by atoms with Gasteiger partial charge in [0.1, 0.15) is 11.9 Å². The van der Waals surface area contributed by atoms with Gasteiger partial charge >= 0.3 is 0 Å². The van der Waals surface area contributed by atoms with Crippen LogP contribution in [0.3, 0.4) is 0 Å². The van der Waals surface area contributed by atoms with E-state index in [1.54, 1.807) is 24.3 Å². The van der Waals surface area contributed by atoms with Gasteiger partial charge in [0, 0.05) is 30.0 Å². The molecule has 0 aliphatic rings. The maximum Gasteiger partial charge on any atom is 0.287 e. The first-order valence-electron chi connectivity index (χ1n) is 7.97. The summed E-state index contributed by atoms with van der Waals surface area (Å²) in [4.78, 5) is 36.5. The summed E-state index contributed by atoms with van der Waals surface area (Å²) in [6.45, 7) is 0. The van der Waals surface area contributed by atoms with Crippen LogP contribution >= 0.6 is 11.6 Å². The summed E-state index contributed by atoms with van der Waals surface area (Å²) in [6.07, 6.45) is 1.08. The topological polar surface area (TPSA) is 138 Å². The van der Waals surface area contributed by atoms with Gasteiger partial charge in [-0.05, 0) is 30.3 Å². The van der Waals surface area contributed by atoms with E-state index in [1.165, 1.54) is 24.3 Å². The number of nitro benzene ring substituents is 1. The number of ether oxygens (including phenoxy) is 1. The number of benzene rings is 2. The first kappa shape index (κ1) is 19.7. The Hall–Kier alpha value is -4.05. The van der Waals surface area contributed by atoms with Gasteiger partial charge < -0.3 is 10.1 Å². The van der Waals surface area contributed by atoms with Gasteiger partial charge in [-0.1, -0.05) is 11.6 Å². The zero-order valence-electron chi connectivity index (χ0n) is 14.4. The average Bonchev–Trinajstić information content (AvgIpc) is 2.70. The Balaban J connectivity index is 1.69.